The molecule has 8 nitrogen and oxygen atoms in total. The molecule has 8 heteroatoms. The molecule has 0 bridgehead atoms. The van der Waals surface area contributed by atoms with Crippen LogP contribution in [0.4, 0.5) is 0 Å². The van der Waals surface area contributed by atoms with Crippen molar-refractivity contribution in [2.45, 2.75) is 46.1 Å². The van der Waals surface area contributed by atoms with E-state index in [0.29, 0.717) is 12.5 Å². The molecule has 168 valence electrons. The summed E-state index contributed by atoms with van der Waals surface area (Å²) in [7, 11) is 1.95. The summed E-state index contributed by atoms with van der Waals surface area (Å²) in [4.78, 5) is 35.0. The first-order valence-electron chi connectivity index (χ1n) is 10.4. The number of piperidine rings is 1. The lowest BCUT2D eigenvalue weighted by molar-refractivity contribution is -0.159. The number of likely N-dealkylation sites (tertiary alicyclic amines) is 1. The van der Waals surface area contributed by atoms with Crippen molar-refractivity contribution in [1.82, 2.24) is 9.80 Å². The molecule has 0 unspecified atom stereocenters. The van der Waals surface area contributed by atoms with Gasteiger partial charge in [-0.25, -0.2) is 9.59 Å². The average Bonchev–Trinajstić information content (AvgIpc) is 2.74. The van der Waals surface area contributed by atoms with E-state index in [1.165, 1.54) is 5.56 Å². The van der Waals surface area contributed by atoms with Gasteiger partial charge in [0.25, 0.3) is 0 Å². The molecule has 0 spiro atoms. The third-order valence-electron chi connectivity index (χ3n) is 4.98. The number of amides is 1. The van der Waals surface area contributed by atoms with Gasteiger partial charge in [-0.15, -0.1) is 0 Å². The normalized spacial score (nSPS) is 14.4. The molecule has 1 aromatic carbocycles. The zero-order valence-electron chi connectivity index (χ0n) is 18.2. The average molecular weight is 423 g/mol. The Morgan fingerprint density at radius 2 is 1.63 bits per heavy atom. The number of unbranched alkanes of at least 4 members (excludes halogenated alkanes) is 1. The predicted octanol–water partition coefficient (Wildman–Crippen LogP) is 2.71. The highest BCUT2D eigenvalue weighted by atomic mass is 16.5. The van der Waals surface area contributed by atoms with Crippen molar-refractivity contribution in [3.05, 3.63) is 29.8 Å². The predicted molar refractivity (Wildman–Crippen MR) is 113 cm³/mol. The molecule has 2 rings (SSSR count). The molecule has 1 amide bonds. The Balaban J connectivity index is 0.000000656. The number of carbonyl (C=O) groups is 3. The van der Waals surface area contributed by atoms with Crippen LogP contribution in [-0.2, 0) is 20.9 Å². The van der Waals surface area contributed by atoms with Gasteiger partial charge in [-0.05, 0) is 57.0 Å². The molecule has 1 aliphatic rings. The first-order valence-corrected chi connectivity index (χ1v) is 10.4. The van der Waals surface area contributed by atoms with Crippen molar-refractivity contribution in [3.63, 3.8) is 0 Å². The van der Waals surface area contributed by atoms with Crippen LogP contribution in [0.5, 0.6) is 5.75 Å². The summed E-state index contributed by atoms with van der Waals surface area (Å²) >= 11 is 0. The second-order valence-electron chi connectivity index (χ2n) is 7.35. The minimum atomic E-state index is -1.82. The third-order valence-corrected chi connectivity index (χ3v) is 4.98. The summed E-state index contributed by atoms with van der Waals surface area (Å²) in [5.41, 5.74) is 1.31. The van der Waals surface area contributed by atoms with Gasteiger partial charge >= 0.3 is 11.9 Å². The van der Waals surface area contributed by atoms with E-state index >= 15 is 0 Å². The fraction of sp³-hybridized carbons (Fsp3) is 0.591. The lowest BCUT2D eigenvalue weighted by atomic mass is 9.95. The molecule has 0 radical (unpaired) electrons. The SMILES string of the molecule is CCCCN(C)C(=O)C1CCN(Cc2ccc(OCC)cc2)CC1.O=C(O)C(=O)O. The third kappa shape index (κ3) is 9.26. The summed E-state index contributed by atoms with van der Waals surface area (Å²) in [5, 5.41) is 14.8. The van der Waals surface area contributed by atoms with Gasteiger partial charge < -0.3 is 19.8 Å². The standard InChI is InChI=1S/C20H32N2O2.C2H2O4/c1-4-6-13-21(3)20(23)18-11-14-22(15-12-18)16-17-7-9-19(10-8-17)24-5-2;3-1(4)2(5)6/h7-10,18H,4-6,11-16H2,1-3H3;(H,3,4)(H,5,6). The first kappa shape index (κ1) is 25.4. The summed E-state index contributed by atoms with van der Waals surface area (Å²) in [6.07, 6.45) is 4.19. The van der Waals surface area contributed by atoms with E-state index in [-0.39, 0.29) is 5.92 Å². The van der Waals surface area contributed by atoms with Crippen LogP contribution >= 0.6 is 0 Å². The summed E-state index contributed by atoms with van der Waals surface area (Å²) in [6.45, 7) is 8.72. The summed E-state index contributed by atoms with van der Waals surface area (Å²) in [6, 6.07) is 8.36. The number of carboxylic acid groups (broad SMARTS) is 2. The number of rotatable bonds is 8. The Bertz CT molecular complexity index is 657. The van der Waals surface area contributed by atoms with Crippen molar-refractivity contribution in [2.24, 2.45) is 5.92 Å². The second-order valence-corrected chi connectivity index (χ2v) is 7.35. The maximum absolute atomic E-state index is 12.5. The number of carboxylic acids is 2. The second kappa shape index (κ2) is 13.6. The summed E-state index contributed by atoms with van der Waals surface area (Å²) < 4.78 is 5.49. The fourth-order valence-electron chi connectivity index (χ4n) is 3.27. The Kier molecular flexibility index (Phi) is 11.5. The highest BCUT2D eigenvalue weighted by Crippen LogP contribution is 2.22. The minimum absolute atomic E-state index is 0.212. The fourth-order valence-corrected chi connectivity index (χ4v) is 3.27. The van der Waals surface area contributed by atoms with Crippen LogP contribution in [0.2, 0.25) is 0 Å². The maximum Gasteiger partial charge on any atom is 0.414 e. The molecular weight excluding hydrogens is 388 g/mol. The lowest BCUT2D eigenvalue weighted by Gasteiger charge is -2.33. The van der Waals surface area contributed by atoms with Crippen LogP contribution in [0, 0.1) is 5.92 Å². The van der Waals surface area contributed by atoms with Gasteiger partial charge in [-0.3, -0.25) is 9.69 Å². The lowest BCUT2D eigenvalue weighted by Crippen LogP contribution is -2.41. The van der Waals surface area contributed by atoms with Crippen LogP contribution in [0.15, 0.2) is 24.3 Å². The van der Waals surface area contributed by atoms with Gasteiger partial charge in [0.2, 0.25) is 5.91 Å². The monoisotopic (exact) mass is 422 g/mol. The Hall–Kier alpha value is -2.61. The van der Waals surface area contributed by atoms with Crippen LogP contribution in [0.3, 0.4) is 0 Å². The topological polar surface area (TPSA) is 107 Å². The van der Waals surface area contributed by atoms with E-state index in [4.69, 9.17) is 24.5 Å². The maximum atomic E-state index is 12.5. The van der Waals surface area contributed by atoms with Gasteiger partial charge in [-0.1, -0.05) is 25.5 Å². The molecular formula is C22H34N2O6. The molecule has 1 aromatic rings. The van der Waals surface area contributed by atoms with Crippen LogP contribution in [0.1, 0.15) is 45.1 Å². The van der Waals surface area contributed by atoms with Gasteiger partial charge in [0, 0.05) is 26.1 Å². The molecule has 0 saturated carbocycles. The summed E-state index contributed by atoms with van der Waals surface area (Å²) in [5.74, 6) is -2.17. The van der Waals surface area contributed by atoms with Gasteiger partial charge in [0.15, 0.2) is 0 Å². The Labute approximate surface area is 178 Å². The number of hydrogen-bond acceptors (Lipinski definition) is 5. The Morgan fingerprint density at radius 3 is 2.10 bits per heavy atom. The van der Waals surface area contributed by atoms with Gasteiger partial charge in [0.1, 0.15) is 5.75 Å². The van der Waals surface area contributed by atoms with Gasteiger partial charge in [0.05, 0.1) is 6.61 Å². The number of hydrogen-bond donors (Lipinski definition) is 2. The number of nitrogens with zero attached hydrogens (tertiary/aromatic N) is 2. The molecule has 1 heterocycles. The molecule has 1 aliphatic heterocycles. The number of ether oxygens (including phenoxy) is 1. The first-order chi connectivity index (χ1) is 14.3. The molecule has 0 atom stereocenters. The van der Waals surface area contributed by atoms with Crippen LogP contribution in [0.25, 0.3) is 0 Å². The van der Waals surface area contributed by atoms with E-state index in [1.807, 2.05) is 31.0 Å². The minimum Gasteiger partial charge on any atom is -0.494 e. The van der Waals surface area contributed by atoms with Crippen molar-refractivity contribution in [2.75, 3.05) is 33.3 Å². The molecule has 30 heavy (non-hydrogen) atoms. The Morgan fingerprint density at radius 1 is 1.07 bits per heavy atom. The molecule has 0 aromatic heterocycles. The molecule has 1 fully saturated rings. The van der Waals surface area contributed by atoms with E-state index < -0.39 is 11.9 Å². The quantitative estimate of drug-likeness (QED) is 0.620. The largest absolute Gasteiger partial charge is 0.494 e. The molecule has 1 saturated heterocycles. The number of carbonyl (C=O) groups excluding carboxylic acids is 1. The highest BCUT2D eigenvalue weighted by molar-refractivity contribution is 6.27. The van der Waals surface area contributed by atoms with E-state index in [9.17, 15) is 4.79 Å². The van der Waals surface area contributed by atoms with Crippen molar-refractivity contribution in [1.29, 1.82) is 0 Å². The smallest absolute Gasteiger partial charge is 0.414 e. The van der Waals surface area contributed by atoms with E-state index in [0.717, 1.165) is 57.6 Å². The zero-order valence-corrected chi connectivity index (χ0v) is 18.2. The van der Waals surface area contributed by atoms with E-state index in [2.05, 4.69) is 24.0 Å². The molecule has 2 N–H and O–H groups in total. The highest BCUT2D eigenvalue weighted by Gasteiger charge is 2.26. The van der Waals surface area contributed by atoms with Crippen molar-refractivity contribution >= 4 is 17.8 Å². The zero-order chi connectivity index (χ0) is 22.5. The van der Waals surface area contributed by atoms with Gasteiger partial charge in [-0.2, -0.15) is 0 Å². The number of benzene rings is 1. The number of aliphatic carboxylic acids is 2. The van der Waals surface area contributed by atoms with Crippen LogP contribution in [-0.4, -0.2) is 71.1 Å². The van der Waals surface area contributed by atoms with Crippen LogP contribution < -0.4 is 4.74 Å². The van der Waals surface area contributed by atoms with Crippen molar-refractivity contribution < 1.29 is 29.3 Å². The molecule has 0 aliphatic carbocycles. The van der Waals surface area contributed by atoms with E-state index in [1.54, 1.807) is 0 Å². The van der Waals surface area contributed by atoms with Crippen molar-refractivity contribution in [3.8, 4) is 5.75 Å².